The molecule has 3 atom stereocenters. The fourth-order valence-corrected chi connectivity index (χ4v) is 1.61. The molecule has 0 bridgehead atoms. The highest BCUT2D eigenvalue weighted by Gasteiger charge is 2.23. The first-order chi connectivity index (χ1) is 7.60. The SMILES string of the molecule is CCOC(C)c1noc(C(CC)C(C)O)n1. The van der Waals surface area contributed by atoms with Gasteiger partial charge in [-0.1, -0.05) is 12.1 Å². The summed E-state index contributed by atoms with van der Waals surface area (Å²) in [5.74, 6) is 0.921. The standard InChI is InChI=1S/C11H20N2O3/c1-5-9(7(3)14)11-12-10(13-16-11)8(4)15-6-2/h7-9,14H,5-6H2,1-4H3. The van der Waals surface area contributed by atoms with Crippen molar-refractivity contribution in [3.63, 3.8) is 0 Å². The monoisotopic (exact) mass is 228 g/mol. The van der Waals surface area contributed by atoms with Gasteiger partial charge in [0.25, 0.3) is 0 Å². The zero-order chi connectivity index (χ0) is 12.1. The van der Waals surface area contributed by atoms with Crippen LogP contribution in [-0.4, -0.2) is 28.0 Å². The molecule has 0 saturated carbocycles. The molecule has 0 aromatic carbocycles. The first-order valence-electron chi connectivity index (χ1n) is 5.73. The van der Waals surface area contributed by atoms with Crippen molar-refractivity contribution >= 4 is 0 Å². The van der Waals surface area contributed by atoms with Crippen LogP contribution in [0.2, 0.25) is 0 Å². The molecule has 92 valence electrons. The van der Waals surface area contributed by atoms with Crippen LogP contribution < -0.4 is 0 Å². The van der Waals surface area contributed by atoms with E-state index in [0.717, 1.165) is 6.42 Å². The lowest BCUT2D eigenvalue weighted by molar-refractivity contribution is 0.0683. The Kier molecular flexibility index (Phi) is 4.89. The molecule has 0 radical (unpaired) electrons. The molecule has 16 heavy (non-hydrogen) atoms. The molecule has 1 aromatic rings. The Morgan fingerprint density at radius 1 is 1.38 bits per heavy atom. The van der Waals surface area contributed by atoms with Gasteiger partial charge in [0.15, 0.2) is 5.82 Å². The molecule has 0 spiro atoms. The zero-order valence-corrected chi connectivity index (χ0v) is 10.3. The van der Waals surface area contributed by atoms with E-state index in [0.29, 0.717) is 18.3 Å². The summed E-state index contributed by atoms with van der Waals surface area (Å²) in [7, 11) is 0. The Morgan fingerprint density at radius 2 is 2.06 bits per heavy atom. The molecule has 1 heterocycles. The Labute approximate surface area is 95.8 Å². The van der Waals surface area contributed by atoms with E-state index >= 15 is 0 Å². The number of aromatic nitrogens is 2. The summed E-state index contributed by atoms with van der Waals surface area (Å²) >= 11 is 0. The molecule has 1 aromatic heterocycles. The fraction of sp³-hybridized carbons (Fsp3) is 0.818. The van der Waals surface area contributed by atoms with Gasteiger partial charge < -0.3 is 14.4 Å². The minimum atomic E-state index is -0.485. The molecule has 1 N–H and O–H groups in total. The molecule has 0 aliphatic carbocycles. The first kappa shape index (κ1) is 13.1. The van der Waals surface area contributed by atoms with Crippen LogP contribution in [0.4, 0.5) is 0 Å². The maximum Gasteiger partial charge on any atom is 0.232 e. The summed E-state index contributed by atoms with van der Waals surface area (Å²) in [4.78, 5) is 4.26. The summed E-state index contributed by atoms with van der Waals surface area (Å²) in [6.07, 6.45) is 0.109. The Bertz CT molecular complexity index is 312. The average Bonchev–Trinajstić information content (AvgIpc) is 2.68. The van der Waals surface area contributed by atoms with E-state index in [4.69, 9.17) is 9.26 Å². The molecule has 0 saturated heterocycles. The zero-order valence-electron chi connectivity index (χ0n) is 10.3. The van der Waals surface area contributed by atoms with Crippen molar-refractivity contribution in [2.45, 2.75) is 52.2 Å². The molecule has 5 nitrogen and oxygen atoms in total. The second-order valence-corrected chi connectivity index (χ2v) is 3.84. The third-order valence-corrected chi connectivity index (χ3v) is 2.58. The predicted octanol–water partition coefficient (Wildman–Crippen LogP) is 2.04. The lowest BCUT2D eigenvalue weighted by Crippen LogP contribution is -2.14. The maximum absolute atomic E-state index is 9.56. The quantitative estimate of drug-likeness (QED) is 0.807. The van der Waals surface area contributed by atoms with Gasteiger partial charge in [-0.3, -0.25) is 0 Å². The van der Waals surface area contributed by atoms with E-state index < -0.39 is 6.10 Å². The van der Waals surface area contributed by atoms with Crippen LogP contribution in [0.1, 0.15) is 57.9 Å². The van der Waals surface area contributed by atoms with Gasteiger partial charge in [0.05, 0.1) is 12.0 Å². The third kappa shape index (κ3) is 3.02. The van der Waals surface area contributed by atoms with Gasteiger partial charge in [-0.15, -0.1) is 0 Å². The molecule has 3 unspecified atom stereocenters. The van der Waals surface area contributed by atoms with E-state index in [1.54, 1.807) is 6.92 Å². The second kappa shape index (κ2) is 5.96. The highest BCUT2D eigenvalue weighted by Crippen LogP contribution is 2.23. The number of nitrogens with zero attached hydrogens (tertiary/aromatic N) is 2. The van der Waals surface area contributed by atoms with Crippen molar-refractivity contribution in [2.75, 3.05) is 6.61 Å². The maximum atomic E-state index is 9.56. The largest absolute Gasteiger partial charge is 0.393 e. The fourth-order valence-electron chi connectivity index (χ4n) is 1.61. The van der Waals surface area contributed by atoms with E-state index in [2.05, 4.69) is 10.1 Å². The smallest absolute Gasteiger partial charge is 0.232 e. The number of ether oxygens (including phenoxy) is 1. The van der Waals surface area contributed by atoms with E-state index in [9.17, 15) is 5.11 Å². The summed E-state index contributed by atoms with van der Waals surface area (Å²) in [5.41, 5.74) is 0. The summed E-state index contributed by atoms with van der Waals surface area (Å²) in [6, 6.07) is 0. The van der Waals surface area contributed by atoms with Crippen molar-refractivity contribution < 1.29 is 14.4 Å². The number of rotatable bonds is 6. The highest BCUT2D eigenvalue weighted by atomic mass is 16.5. The van der Waals surface area contributed by atoms with Crippen molar-refractivity contribution in [3.8, 4) is 0 Å². The number of aliphatic hydroxyl groups excluding tert-OH is 1. The topological polar surface area (TPSA) is 68.4 Å². The van der Waals surface area contributed by atoms with Crippen LogP contribution in [0.5, 0.6) is 0 Å². The lowest BCUT2D eigenvalue weighted by atomic mass is 10.0. The Balaban J connectivity index is 2.77. The predicted molar refractivity (Wildman–Crippen MR) is 59.1 cm³/mol. The lowest BCUT2D eigenvalue weighted by Gasteiger charge is -2.12. The average molecular weight is 228 g/mol. The number of hydrogen-bond donors (Lipinski definition) is 1. The van der Waals surface area contributed by atoms with Crippen LogP contribution in [-0.2, 0) is 4.74 Å². The molecule has 0 fully saturated rings. The molecular weight excluding hydrogens is 208 g/mol. The van der Waals surface area contributed by atoms with Crippen molar-refractivity contribution in [1.82, 2.24) is 10.1 Å². The molecule has 0 aliphatic rings. The minimum absolute atomic E-state index is 0.102. The van der Waals surface area contributed by atoms with Crippen LogP contribution in [0.3, 0.4) is 0 Å². The van der Waals surface area contributed by atoms with E-state index in [-0.39, 0.29) is 12.0 Å². The van der Waals surface area contributed by atoms with Crippen molar-refractivity contribution in [3.05, 3.63) is 11.7 Å². The van der Waals surface area contributed by atoms with E-state index in [1.165, 1.54) is 0 Å². The minimum Gasteiger partial charge on any atom is -0.393 e. The van der Waals surface area contributed by atoms with Crippen LogP contribution in [0, 0.1) is 0 Å². The molecular formula is C11H20N2O3. The van der Waals surface area contributed by atoms with E-state index in [1.807, 2.05) is 20.8 Å². The van der Waals surface area contributed by atoms with Gasteiger partial charge in [-0.05, 0) is 27.2 Å². The number of aliphatic hydroxyl groups is 1. The van der Waals surface area contributed by atoms with Crippen LogP contribution in [0.25, 0.3) is 0 Å². The highest BCUT2D eigenvalue weighted by molar-refractivity contribution is 4.97. The molecule has 1 rings (SSSR count). The molecule has 0 aliphatic heterocycles. The Morgan fingerprint density at radius 3 is 2.56 bits per heavy atom. The second-order valence-electron chi connectivity index (χ2n) is 3.84. The summed E-state index contributed by atoms with van der Waals surface area (Å²) in [5, 5.41) is 13.4. The normalized spacial score (nSPS) is 17.1. The molecule has 5 heteroatoms. The van der Waals surface area contributed by atoms with Gasteiger partial charge in [-0.2, -0.15) is 4.98 Å². The van der Waals surface area contributed by atoms with Gasteiger partial charge in [0.2, 0.25) is 5.89 Å². The molecule has 0 amide bonds. The van der Waals surface area contributed by atoms with Crippen LogP contribution >= 0.6 is 0 Å². The third-order valence-electron chi connectivity index (χ3n) is 2.58. The number of hydrogen-bond acceptors (Lipinski definition) is 5. The van der Waals surface area contributed by atoms with Crippen molar-refractivity contribution in [1.29, 1.82) is 0 Å². The Hall–Kier alpha value is -0.940. The van der Waals surface area contributed by atoms with Gasteiger partial charge in [0, 0.05) is 6.61 Å². The van der Waals surface area contributed by atoms with Gasteiger partial charge in [0.1, 0.15) is 6.10 Å². The van der Waals surface area contributed by atoms with Crippen LogP contribution in [0.15, 0.2) is 4.52 Å². The van der Waals surface area contributed by atoms with Gasteiger partial charge >= 0.3 is 0 Å². The summed E-state index contributed by atoms with van der Waals surface area (Å²) < 4.78 is 10.5. The van der Waals surface area contributed by atoms with Crippen molar-refractivity contribution in [2.24, 2.45) is 0 Å². The first-order valence-corrected chi connectivity index (χ1v) is 5.73. The summed E-state index contributed by atoms with van der Waals surface area (Å²) in [6.45, 7) is 8.11. The van der Waals surface area contributed by atoms with Gasteiger partial charge in [-0.25, -0.2) is 0 Å².